The van der Waals surface area contributed by atoms with Gasteiger partial charge in [-0.15, -0.1) is 0 Å². The summed E-state index contributed by atoms with van der Waals surface area (Å²) in [4.78, 5) is 31.1. The second-order valence-electron chi connectivity index (χ2n) is 9.86. The molecule has 2 aliphatic heterocycles. The van der Waals surface area contributed by atoms with Gasteiger partial charge in [0.25, 0.3) is 11.8 Å². The molecule has 0 aromatic heterocycles. The van der Waals surface area contributed by atoms with Gasteiger partial charge in [0.05, 0.1) is 12.3 Å². The van der Waals surface area contributed by atoms with Crippen LogP contribution in [0.3, 0.4) is 0 Å². The Hall–Kier alpha value is -2.16. The first kappa shape index (κ1) is 26.4. The maximum Gasteiger partial charge on any atom is 0.273 e. The fraction of sp³-hybridized carbons (Fsp3) is 0.692. The average Bonchev–Trinajstić information content (AvgIpc) is 2.79. The third-order valence-electron chi connectivity index (χ3n) is 6.71. The maximum absolute atomic E-state index is 13.8. The highest BCUT2D eigenvalue weighted by Gasteiger charge is 2.45. The van der Waals surface area contributed by atoms with Crippen molar-refractivity contribution < 1.29 is 23.8 Å². The first-order valence-electron chi connectivity index (χ1n) is 12.4. The zero-order valence-corrected chi connectivity index (χ0v) is 21.6. The Bertz CT molecular complexity index is 868. The molecule has 2 atom stereocenters. The molecule has 1 aromatic carbocycles. The highest BCUT2D eigenvalue weighted by molar-refractivity contribution is 6.05. The number of ether oxygens (including phenoxy) is 3. The molecule has 2 heterocycles. The molecule has 8 nitrogen and oxygen atoms in total. The molecule has 1 unspecified atom stereocenters. The zero-order valence-electron chi connectivity index (χ0n) is 21.6. The van der Waals surface area contributed by atoms with Crippen LogP contribution in [-0.2, 0) is 14.3 Å². The van der Waals surface area contributed by atoms with Gasteiger partial charge in [0.1, 0.15) is 5.75 Å². The predicted molar refractivity (Wildman–Crippen MR) is 133 cm³/mol. The summed E-state index contributed by atoms with van der Waals surface area (Å²) in [7, 11) is 3.24. The van der Waals surface area contributed by atoms with Crippen LogP contribution in [0.5, 0.6) is 5.75 Å². The van der Waals surface area contributed by atoms with E-state index in [4.69, 9.17) is 14.2 Å². The zero-order chi connectivity index (χ0) is 24.9. The number of fused-ring (bicyclic) bond motifs is 1. The minimum Gasteiger partial charge on any atom is -0.473 e. The van der Waals surface area contributed by atoms with Crippen LogP contribution in [0.1, 0.15) is 62.4 Å². The molecule has 1 aromatic rings. The number of nitrogens with zero attached hydrogens (tertiary/aromatic N) is 2. The van der Waals surface area contributed by atoms with E-state index in [0.29, 0.717) is 30.2 Å². The lowest BCUT2D eigenvalue weighted by molar-refractivity contribution is -0.138. The Morgan fingerprint density at radius 1 is 1.29 bits per heavy atom. The molecule has 0 saturated carbocycles. The molecule has 1 fully saturated rings. The van der Waals surface area contributed by atoms with Gasteiger partial charge in [-0.05, 0) is 77.6 Å². The van der Waals surface area contributed by atoms with Crippen molar-refractivity contribution in [2.45, 2.75) is 71.1 Å². The van der Waals surface area contributed by atoms with Crippen molar-refractivity contribution in [3.8, 4) is 5.75 Å². The lowest BCUT2D eigenvalue weighted by atomic mass is 9.97. The second kappa shape index (κ2) is 11.5. The first-order valence-corrected chi connectivity index (χ1v) is 12.4. The Morgan fingerprint density at radius 3 is 2.68 bits per heavy atom. The Morgan fingerprint density at radius 2 is 2.06 bits per heavy atom. The SMILES string of the molecule is COCCCCN1C(=O)C(C)(COC)Oc2cc(C)c(C(=O)N(C(C)C)[C@@H]3CCCNC3)cc21. The minimum absolute atomic E-state index is 0.000934. The smallest absolute Gasteiger partial charge is 0.273 e. The molecule has 2 amide bonds. The van der Waals surface area contributed by atoms with E-state index in [1.54, 1.807) is 26.0 Å². The number of piperidine rings is 1. The molecule has 8 heteroatoms. The van der Waals surface area contributed by atoms with Crippen LogP contribution < -0.4 is 15.0 Å². The number of hydrogen-bond acceptors (Lipinski definition) is 6. The van der Waals surface area contributed by atoms with Gasteiger partial charge in [0, 0.05) is 51.6 Å². The van der Waals surface area contributed by atoms with Crippen molar-refractivity contribution in [3.05, 3.63) is 23.3 Å². The lowest BCUT2D eigenvalue weighted by Gasteiger charge is -2.41. The van der Waals surface area contributed by atoms with Crippen molar-refractivity contribution >= 4 is 17.5 Å². The van der Waals surface area contributed by atoms with Crippen LogP contribution in [0.15, 0.2) is 12.1 Å². The summed E-state index contributed by atoms with van der Waals surface area (Å²) < 4.78 is 16.7. The summed E-state index contributed by atoms with van der Waals surface area (Å²) in [5.74, 6) is 0.454. The average molecular weight is 476 g/mol. The number of methoxy groups -OCH3 is 2. The maximum atomic E-state index is 13.8. The van der Waals surface area contributed by atoms with Crippen LogP contribution in [0.2, 0.25) is 0 Å². The summed E-state index contributed by atoms with van der Waals surface area (Å²) in [6.07, 6.45) is 3.67. The van der Waals surface area contributed by atoms with E-state index in [0.717, 1.165) is 44.3 Å². The number of anilines is 1. The highest BCUT2D eigenvalue weighted by Crippen LogP contribution is 2.40. The lowest BCUT2D eigenvalue weighted by Crippen LogP contribution is -2.57. The van der Waals surface area contributed by atoms with E-state index in [-0.39, 0.29) is 30.5 Å². The van der Waals surface area contributed by atoms with Crippen molar-refractivity contribution in [1.29, 1.82) is 0 Å². The van der Waals surface area contributed by atoms with E-state index in [9.17, 15) is 9.59 Å². The van der Waals surface area contributed by atoms with Crippen molar-refractivity contribution in [2.75, 3.05) is 52.0 Å². The monoisotopic (exact) mass is 475 g/mol. The molecule has 0 radical (unpaired) electrons. The molecule has 1 saturated heterocycles. The third-order valence-corrected chi connectivity index (χ3v) is 6.71. The minimum atomic E-state index is -1.11. The van der Waals surface area contributed by atoms with Crippen LogP contribution in [0.4, 0.5) is 5.69 Å². The molecule has 190 valence electrons. The van der Waals surface area contributed by atoms with Gasteiger partial charge < -0.3 is 29.3 Å². The van der Waals surface area contributed by atoms with Crippen LogP contribution in [0.25, 0.3) is 0 Å². The van der Waals surface area contributed by atoms with E-state index in [2.05, 4.69) is 19.2 Å². The first-order chi connectivity index (χ1) is 16.2. The van der Waals surface area contributed by atoms with E-state index in [1.165, 1.54) is 0 Å². The summed E-state index contributed by atoms with van der Waals surface area (Å²) in [5, 5.41) is 3.42. The van der Waals surface area contributed by atoms with Gasteiger partial charge >= 0.3 is 0 Å². The number of nitrogens with one attached hydrogen (secondary N) is 1. The van der Waals surface area contributed by atoms with Crippen LogP contribution in [-0.4, -0.2) is 81.5 Å². The quantitative estimate of drug-likeness (QED) is 0.524. The van der Waals surface area contributed by atoms with Crippen molar-refractivity contribution in [3.63, 3.8) is 0 Å². The van der Waals surface area contributed by atoms with Crippen molar-refractivity contribution in [1.82, 2.24) is 10.2 Å². The van der Waals surface area contributed by atoms with Gasteiger partial charge in [-0.1, -0.05) is 0 Å². The summed E-state index contributed by atoms with van der Waals surface area (Å²) in [6, 6.07) is 3.97. The molecule has 1 N–H and O–H groups in total. The largest absolute Gasteiger partial charge is 0.473 e. The predicted octanol–water partition coefficient (Wildman–Crippen LogP) is 3.15. The number of hydrogen-bond donors (Lipinski definition) is 1. The molecule has 34 heavy (non-hydrogen) atoms. The van der Waals surface area contributed by atoms with Gasteiger partial charge in [0.2, 0.25) is 5.60 Å². The molecule has 3 rings (SSSR count). The Labute approximate surface area is 203 Å². The van der Waals surface area contributed by atoms with Gasteiger partial charge in [-0.25, -0.2) is 0 Å². The van der Waals surface area contributed by atoms with E-state index < -0.39 is 5.60 Å². The number of aryl methyl sites for hydroxylation is 1. The highest BCUT2D eigenvalue weighted by atomic mass is 16.5. The van der Waals surface area contributed by atoms with E-state index in [1.807, 2.05) is 24.0 Å². The van der Waals surface area contributed by atoms with Gasteiger partial charge in [0.15, 0.2) is 0 Å². The molecular weight excluding hydrogens is 434 g/mol. The van der Waals surface area contributed by atoms with Gasteiger partial charge in [-0.2, -0.15) is 0 Å². The van der Waals surface area contributed by atoms with E-state index >= 15 is 0 Å². The Kier molecular flexibility index (Phi) is 8.95. The summed E-state index contributed by atoms with van der Waals surface area (Å²) in [5.41, 5.74) is 0.993. The molecule has 0 spiro atoms. The topological polar surface area (TPSA) is 80.3 Å². The van der Waals surface area contributed by atoms with Crippen molar-refractivity contribution in [2.24, 2.45) is 0 Å². The molecule has 0 bridgehead atoms. The third kappa shape index (κ3) is 5.56. The summed E-state index contributed by atoms with van der Waals surface area (Å²) in [6.45, 7) is 10.9. The fourth-order valence-electron chi connectivity index (χ4n) is 5.01. The molecule has 2 aliphatic rings. The molecular formula is C26H41N3O5. The molecule has 0 aliphatic carbocycles. The Balaban J connectivity index is 1.98. The summed E-state index contributed by atoms with van der Waals surface area (Å²) >= 11 is 0. The fourth-order valence-corrected chi connectivity index (χ4v) is 5.01. The number of benzene rings is 1. The normalized spacial score (nSPS) is 22.5. The van der Waals surface area contributed by atoms with Gasteiger partial charge in [-0.3, -0.25) is 9.59 Å². The number of rotatable bonds is 10. The number of unbranched alkanes of at least 4 members (excludes halogenated alkanes) is 1. The second-order valence-corrected chi connectivity index (χ2v) is 9.86. The van der Waals surface area contributed by atoms with Crippen LogP contribution in [0, 0.1) is 6.92 Å². The number of carbonyl (C=O) groups is 2. The number of amides is 2. The van der Waals surface area contributed by atoms with Crippen LogP contribution >= 0.6 is 0 Å². The standard InChI is InChI=1S/C26H41N3O5/c1-18(2)29(20-10-9-11-27-16-20)24(30)21-15-22-23(14-19(21)3)34-26(4,17-33-6)25(31)28(22)12-7-8-13-32-5/h14-15,18,20,27H,7-13,16-17H2,1-6H3/t20-,26?/m1/s1. The number of carbonyl (C=O) groups excluding carboxylic acids is 2.